The summed E-state index contributed by atoms with van der Waals surface area (Å²) in [6.45, 7) is 1.85. The third-order valence-corrected chi connectivity index (χ3v) is 5.58. The van der Waals surface area contributed by atoms with Crippen molar-refractivity contribution in [3.63, 3.8) is 0 Å². The number of aryl methyl sites for hydroxylation is 1. The average Bonchev–Trinajstić information content (AvgIpc) is 3.19. The lowest BCUT2D eigenvalue weighted by atomic mass is 10.2. The molecule has 6 nitrogen and oxygen atoms in total. The SMILES string of the molecule is Cc1csc(NC(=O)c2ccc(S(=O)(=O)NC3CC3)cc2)n1. The maximum Gasteiger partial charge on any atom is 0.257 e. The van der Waals surface area contributed by atoms with Crippen molar-refractivity contribution in [2.45, 2.75) is 30.7 Å². The Kier molecular flexibility index (Phi) is 3.98. The molecule has 1 amide bonds. The largest absolute Gasteiger partial charge is 0.298 e. The average molecular weight is 337 g/mol. The molecule has 1 aromatic heterocycles. The molecule has 1 aromatic carbocycles. The van der Waals surface area contributed by atoms with Crippen LogP contribution in [0, 0.1) is 6.92 Å². The number of benzene rings is 1. The number of thiazole rings is 1. The van der Waals surface area contributed by atoms with Crippen molar-refractivity contribution in [3.05, 3.63) is 40.9 Å². The van der Waals surface area contributed by atoms with E-state index in [1.54, 1.807) is 0 Å². The number of rotatable bonds is 5. The minimum absolute atomic E-state index is 0.0566. The molecule has 1 aliphatic carbocycles. The highest BCUT2D eigenvalue weighted by molar-refractivity contribution is 7.89. The number of aromatic nitrogens is 1. The second-order valence-corrected chi connectivity index (χ2v) is 7.74. The van der Waals surface area contributed by atoms with Gasteiger partial charge in [0.2, 0.25) is 10.0 Å². The van der Waals surface area contributed by atoms with Gasteiger partial charge in [-0.25, -0.2) is 18.1 Å². The Labute approximate surface area is 132 Å². The smallest absolute Gasteiger partial charge is 0.257 e. The second kappa shape index (κ2) is 5.79. The minimum atomic E-state index is -3.49. The quantitative estimate of drug-likeness (QED) is 0.875. The summed E-state index contributed by atoms with van der Waals surface area (Å²) in [6.07, 6.45) is 1.76. The van der Waals surface area contributed by atoms with Gasteiger partial charge in [-0.3, -0.25) is 10.1 Å². The summed E-state index contributed by atoms with van der Waals surface area (Å²) in [5.41, 5.74) is 1.23. The van der Waals surface area contributed by atoms with E-state index < -0.39 is 10.0 Å². The summed E-state index contributed by atoms with van der Waals surface area (Å²) in [5, 5.41) is 5.05. The summed E-state index contributed by atoms with van der Waals surface area (Å²) in [6, 6.07) is 5.93. The van der Waals surface area contributed by atoms with Gasteiger partial charge >= 0.3 is 0 Å². The Balaban J connectivity index is 1.71. The summed E-state index contributed by atoms with van der Waals surface area (Å²) in [7, 11) is -3.49. The van der Waals surface area contributed by atoms with Crippen molar-refractivity contribution in [2.75, 3.05) is 5.32 Å². The van der Waals surface area contributed by atoms with Gasteiger partial charge in [0, 0.05) is 17.0 Å². The van der Waals surface area contributed by atoms with Crippen molar-refractivity contribution >= 4 is 32.4 Å². The van der Waals surface area contributed by atoms with Crippen LogP contribution >= 0.6 is 11.3 Å². The molecule has 0 saturated heterocycles. The van der Waals surface area contributed by atoms with E-state index in [1.165, 1.54) is 35.6 Å². The van der Waals surface area contributed by atoms with Crippen LogP contribution in [0.5, 0.6) is 0 Å². The number of sulfonamides is 1. The van der Waals surface area contributed by atoms with E-state index in [2.05, 4.69) is 15.0 Å². The number of anilines is 1. The van der Waals surface area contributed by atoms with E-state index in [4.69, 9.17) is 0 Å². The molecule has 8 heteroatoms. The van der Waals surface area contributed by atoms with Crippen molar-refractivity contribution in [2.24, 2.45) is 0 Å². The van der Waals surface area contributed by atoms with Crippen LogP contribution in [0.1, 0.15) is 28.9 Å². The molecule has 116 valence electrons. The van der Waals surface area contributed by atoms with Gasteiger partial charge in [0.25, 0.3) is 5.91 Å². The third kappa shape index (κ3) is 3.52. The fraction of sp³-hybridized carbons (Fsp3) is 0.286. The first-order chi connectivity index (χ1) is 10.4. The molecule has 3 rings (SSSR count). The van der Waals surface area contributed by atoms with E-state index in [0.29, 0.717) is 10.7 Å². The first kappa shape index (κ1) is 15.1. The van der Waals surface area contributed by atoms with Crippen LogP contribution in [-0.4, -0.2) is 25.4 Å². The molecule has 2 aromatic rings. The Bertz CT molecular complexity index is 793. The van der Waals surface area contributed by atoms with Gasteiger partial charge < -0.3 is 0 Å². The van der Waals surface area contributed by atoms with Crippen molar-refractivity contribution in [3.8, 4) is 0 Å². The molecule has 2 N–H and O–H groups in total. The van der Waals surface area contributed by atoms with Crippen LogP contribution in [0.25, 0.3) is 0 Å². The highest BCUT2D eigenvalue weighted by Crippen LogP contribution is 2.22. The molecular weight excluding hydrogens is 322 g/mol. The number of hydrogen-bond acceptors (Lipinski definition) is 5. The second-order valence-electron chi connectivity index (χ2n) is 5.17. The lowest BCUT2D eigenvalue weighted by molar-refractivity contribution is 0.102. The van der Waals surface area contributed by atoms with E-state index in [0.717, 1.165) is 18.5 Å². The van der Waals surface area contributed by atoms with Crippen LogP contribution in [0.4, 0.5) is 5.13 Å². The summed E-state index contributed by atoms with van der Waals surface area (Å²) in [5.74, 6) is -0.312. The van der Waals surface area contributed by atoms with Gasteiger partial charge in [-0.2, -0.15) is 0 Å². The van der Waals surface area contributed by atoms with Gasteiger partial charge in [-0.15, -0.1) is 11.3 Å². The van der Waals surface area contributed by atoms with Crippen LogP contribution in [0.3, 0.4) is 0 Å². The Morgan fingerprint density at radius 2 is 1.95 bits per heavy atom. The van der Waals surface area contributed by atoms with E-state index in [9.17, 15) is 13.2 Å². The lowest BCUT2D eigenvalue weighted by Crippen LogP contribution is -2.25. The summed E-state index contributed by atoms with van der Waals surface area (Å²) in [4.78, 5) is 16.4. The fourth-order valence-electron chi connectivity index (χ4n) is 1.85. The van der Waals surface area contributed by atoms with Crippen molar-refractivity contribution in [1.29, 1.82) is 0 Å². The van der Waals surface area contributed by atoms with Gasteiger partial charge in [-0.05, 0) is 44.0 Å². The van der Waals surface area contributed by atoms with Crippen LogP contribution in [0.15, 0.2) is 34.5 Å². The normalized spacial score (nSPS) is 14.8. The number of carbonyl (C=O) groups excluding carboxylic acids is 1. The molecule has 0 atom stereocenters. The van der Waals surface area contributed by atoms with Crippen molar-refractivity contribution in [1.82, 2.24) is 9.71 Å². The molecule has 1 saturated carbocycles. The third-order valence-electron chi connectivity index (χ3n) is 3.17. The van der Waals surface area contributed by atoms with Gasteiger partial charge in [0.05, 0.1) is 10.6 Å². The molecule has 1 fully saturated rings. The van der Waals surface area contributed by atoms with E-state index >= 15 is 0 Å². The zero-order chi connectivity index (χ0) is 15.7. The van der Waals surface area contributed by atoms with Gasteiger partial charge in [-0.1, -0.05) is 0 Å². The number of carbonyl (C=O) groups is 1. The summed E-state index contributed by atoms with van der Waals surface area (Å²) < 4.78 is 26.7. The lowest BCUT2D eigenvalue weighted by Gasteiger charge is -2.06. The standard InChI is InChI=1S/C14H15N3O3S2/c1-9-8-21-14(15-9)16-13(18)10-2-6-12(7-3-10)22(19,20)17-11-4-5-11/h2-3,6-8,11,17H,4-5H2,1H3,(H,15,16,18). The molecule has 0 bridgehead atoms. The highest BCUT2D eigenvalue weighted by Gasteiger charge is 2.27. The number of nitrogens with zero attached hydrogens (tertiary/aromatic N) is 1. The Hall–Kier alpha value is -1.77. The zero-order valence-electron chi connectivity index (χ0n) is 11.9. The van der Waals surface area contributed by atoms with Gasteiger partial charge in [0.15, 0.2) is 5.13 Å². The minimum Gasteiger partial charge on any atom is -0.298 e. The molecule has 0 spiro atoms. The van der Waals surface area contributed by atoms with E-state index in [-0.39, 0.29) is 16.8 Å². The number of hydrogen-bond donors (Lipinski definition) is 2. The summed E-state index contributed by atoms with van der Waals surface area (Å²) >= 11 is 1.34. The molecule has 1 aliphatic rings. The van der Waals surface area contributed by atoms with Crippen molar-refractivity contribution < 1.29 is 13.2 Å². The molecule has 0 aliphatic heterocycles. The molecular formula is C14H15N3O3S2. The molecule has 22 heavy (non-hydrogen) atoms. The molecule has 0 radical (unpaired) electrons. The predicted molar refractivity (Wildman–Crippen MR) is 84.6 cm³/mol. The fourth-order valence-corrected chi connectivity index (χ4v) is 3.84. The molecule has 1 heterocycles. The first-order valence-corrected chi connectivity index (χ1v) is 9.16. The topological polar surface area (TPSA) is 88.2 Å². The number of amides is 1. The van der Waals surface area contributed by atoms with Crippen LogP contribution in [0.2, 0.25) is 0 Å². The van der Waals surface area contributed by atoms with Crippen LogP contribution in [-0.2, 0) is 10.0 Å². The monoisotopic (exact) mass is 337 g/mol. The van der Waals surface area contributed by atoms with Crippen LogP contribution < -0.4 is 10.0 Å². The Morgan fingerprint density at radius 1 is 1.27 bits per heavy atom. The zero-order valence-corrected chi connectivity index (χ0v) is 13.5. The number of nitrogens with one attached hydrogen (secondary N) is 2. The maximum absolute atomic E-state index is 12.1. The van der Waals surface area contributed by atoms with Gasteiger partial charge in [0.1, 0.15) is 0 Å². The maximum atomic E-state index is 12.1. The van der Waals surface area contributed by atoms with E-state index in [1.807, 2.05) is 12.3 Å². The first-order valence-electron chi connectivity index (χ1n) is 6.80. The highest BCUT2D eigenvalue weighted by atomic mass is 32.2. The molecule has 0 unspecified atom stereocenters. The predicted octanol–water partition coefficient (Wildman–Crippen LogP) is 2.14. The Morgan fingerprint density at radius 3 is 2.50 bits per heavy atom.